The van der Waals surface area contributed by atoms with Crippen LogP contribution in [0.2, 0.25) is 0 Å². The highest BCUT2D eigenvalue weighted by atomic mass is 32.1. The molecule has 3 aromatic rings. The van der Waals surface area contributed by atoms with Gasteiger partial charge in [-0.15, -0.1) is 11.3 Å². The molecular weight excluding hydrogens is 358 g/mol. The lowest BCUT2D eigenvalue weighted by Crippen LogP contribution is -2.17. The van der Waals surface area contributed by atoms with E-state index in [4.69, 9.17) is 4.74 Å². The molecule has 0 unspecified atom stereocenters. The number of amides is 1. The van der Waals surface area contributed by atoms with Crippen molar-refractivity contribution in [3.8, 4) is 5.75 Å². The van der Waals surface area contributed by atoms with Gasteiger partial charge in [0.2, 0.25) is 0 Å². The second kappa shape index (κ2) is 7.63. The van der Waals surface area contributed by atoms with Gasteiger partial charge in [-0.1, -0.05) is 12.1 Å². The average molecular weight is 377 g/mol. The number of hydrazone groups is 1. The van der Waals surface area contributed by atoms with Crippen molar-refractivity contribution >= 4 is 29.1 Å². The minimum atomic E-state index is -0.200. The van der Waals surface area contributed by atoms with Crippen molar-refractivity contribution < 1.29 is 9.53 Å². The Balaban J connectivity index is 1.43. The zero-order valence-electron chi connectivity index (χ0n) is 14.9. The van der Waals surface area contributed by atoms with Gasteiger partial charge in [0.1, 0.15) is 5.75 Å². The number of benzene rings is 2. The van der Waals surface area contributed by atoms with E-state index in [0.29, 0.717) is 5.56 Å². The molecule has 0 radical (unpaired) electrons. The summed E-state index contributed by atoms with van der Waals surface area (Å²) in [5.74, 6) is 0.644. The van der Waals surface area contributed by atoms with E-state index in [1.807, 2.05) is 47.8 Å². The van der Waals surface area contributed by atoms with Crippen LogP contribution in [0, 0.1) is 0 Å². The Hall–Kier alpha value is -3.12. The quantitative estimate of drug-likeness (QED) is 0.539. The molecule has 5 nitrogen and oxygen atoms in total. The molecule has 1 aromatic heterocycles. The number of carbonyl (C=O) groups is 1. The van der Waals surface area contributed by atoms with E-state index in [1.165, 1.54) is 11.1 Å². The van der Waals surface area contributed by atoms with Gasteiger partial charge in [-0.2, -0.15) is 5.10 Å². The van der Waals surface area contributed by atoms with Crippen molar-refractivity contribution in [3.05, 3.63) is 81.5 Å². The Kier molecular flexibility index (Phi) is 4.89. The van der Waals surface area contributed by atoms with Crippen LogP contribution < -0.4 is 15.1 Å². The molecule has 6 heteroatoms. The second-order valence-electron chi connectivity index (χ2n) is 6.25. The van der Waals surface area contributed by atoms with Crippen molar-refractivity contribution in [3.63, 3.8) is 0 Å². The van der Waals surface area contributed by atoms with Gasteiger partial charge in [0.05, 0.1) is 13.3 Å². The van der Waals surface area contributed by atoms with Crippen LogP contribution in [0.3, 0.4) is 0 Å². The number of fused-ring (bicyclic) bond motifs is 1. The summed E-state index contributed by atoms with van der Waals surface area (Å²) in [6, 6.07) is 17.8. The minimum Gasteiger partial charge on any atom is -0.497 e. The van der Waals surface area contributed by atoms with Gasteiger partial charge in [-0.3, -0.25) is 4.79 Å². The molecule has 0 atom stereocenters. The lowest BCUT2D eigenvalue weighted by Gasteiger charge is -2.17. The monoisotopic (exact) mass is 377 g/mol. The van der Waals surface area contributed by atoms with E-state index in [2.05, 4.69) is 27.6 Å². The molecule has 1 N–H and O–H groups in total. The van der Waals surface area contributed by atoms with Crippen LogP contribution in [0.4, 0.5) is 5.69 Å². The summed E-state index contributed by atoms with van der Waals surface area (Å²) in [7, 11) is 1.66. The summed E-state index contributed by atoms with van der Waals surface area (Å²) in [5, 5.41) is 6.00. The van der Waals surface area contributed by atoms with Crippen LogP contribution >= 0.6 is 11.3 Å². The topological polar surface area (TPSA) is 53.9 Å². The summed E-state index contributed by atoms with van der Waals surface area (Å²) in [5.41, 5.74) is 6.76. The van der Waals surface area contributed by atoms with E-state index in [-0.39, 0.29) is 5.91 Å². The number of anilines is 1. The SMILES string of the molecule is COc1ccc(N2Cc3ccc(C(=O)N/N=C\c4cccs4)cc3C2)cc1. The fourth-order valence-corrected chi connectivity index (χ4v) is 3.68. The summed E-state index contributed by atoms with van der Waals surface area (Å²) >= 11 is 1.57. The predicted octanol–water partition coefficient (Wildman–Crippen LogP) is 4.04. The molecule has 0 fully saturated rings. The molecule has 0 saturated heterocycles. The Morgan fingerprint density at radius 2 is 1.96 bits per heavy atom. The summed E-state index contributed by atoms with van der Waals surface area (Å²) in [4.78, 5) is 15.6. The van der Waals surface area contributed by atoms with Crippen molar-refractivity contribution in [1.29, 1.82) is 0 Å². The van der Waals surface area contributed by atoms with E-state index in [9.17, 15) is 4.79 Å². The van der Waals surface area contributed by atoms with E-state index in [0.717, 1.165) is 29.4 Å². The fourth-order valence-electron chi connectivity index (χ4n) is 3.10. The van der Waals surface area contributed by atoms with Crippen molar-refractivity contribution in [2.75, 3.05) is 12.0 Å². The van der Waals surface area contributed by atoms with Crippen molar-refractivity contribution in [2.45, 2.75) is 13.1 Å². The molecule has 1 aliphatic heterocycles. The highest BCUT2D eigenvalue weighted by molar-refractivity contribution is 7.11. The van der Waals surface area contributed by atoms with Gasteiger partial charge in [-0.05, 0) is 59.0 Å². The number of ether oxygens (including phenoxy) is 1. The third kappa shape index (κ3) is 3.85. The Labute approximate surface area is 161 Å². The van der Waals surface area contributed by atoms with Gasteiger partial charge in [-0.25, -0.2) is 5.43 Å². The molecule has 0 saturated carbocycles. The second-order valence-corrected chi connectivity index (χ2v) is 7.23. The molecular formula is C21H19N3O2S. The first-order chi connectivity index (χ1) is 13.2. The van der Waals surface area contributed by atoms with Crippen LogP contribution in [-0.2, 0) is 13.1 Å². The van der Waals surface area contributed by atoms with Crippen LogP contribution in [0.1, 0.15) is 26.4 Å². The third-order valence-corrected chi connectivity index (χ3v) is 5.34. The number of carbonyl (C=O) groups excluding carboxylic acids is 1. The van der Waals surface area contributed by atoms with Crippen LogP contribution in [0.5, 0.6) is 5.75 Å². The van der Waals surface area contributed by atoms with Crippen LogP contribution in [0.15, 0.2) is 65.1 Å². The smallest absolute Gasteiger partial charge is 0.271 e. The molecule has 0 spiro atoms. The predicted molar refractivity (Wildman–Crippen MR) is 109 cm³/mol. The largest absolute Gasteiger partial charge is 0.497 e. The molecule has 0 bridgehead atoms. The average Bonchev–Trinajstić information content (AvgIpc) is 3.37. The Morgan fingerprint density at radius 3 is 2.70 bits per heavy atom. The molecule has 2 aromatic carbocycles. The van der Waals surface area contributed by atoms with Crippen molar-refractivity contribution in [1.82, 2.24) is 5.43 Å². The lowest BCUT2D eigenvalue weighted by atomic mass is 10.1. The first-order valence-corrected chi connectivity index (χ1v) is 9.48. The molecule has 0 aliphatic carbocycles. The van der Waals surface area contributed by atoms with E-state index in [1.54, 1.807) is 24.7 Å². The van der Waals surface area contributed by atoms with Crippen LogP contribution in [-0.4, -0.2) is 19.2 Å². The van der Waals surface area contributed by atoms with E-state index >= 15 is 0 Å². The standard InChI is InChI=1S/C21H19N3O2S/c1-26-19-8-6-18(7-9-19)24-13-16-5-4-15(11-17(16)14-24)21(25)23-22-12-20-3-2-10-27-20/h2-12H,13-14H2,1H3,(H,23,25)/b22-12-. The van der Waals surface area contributed by atoms with Gasteiger partial charge in [0.25, 0.3) is 5.91 Å². The maximum atomic E-state index is 12.3. The first-order valence-electron chi connectivity index (χ1n) is 8.60. The summed E-state index contributed by atoms with van der Waals surface area (Å²) < 4.78 is 5.22. The number of methoxy groups -OCH3 is 1. The molecule has 1 aliphatic rings. The first kappa shape index (κ1) is 17.3. The Morgan fingerprint density at radius 1 is 1.15 bits per heavy atom. The summed E-state index contributed by atoms with van der Waals surface area (Å²) in [6.07, 6.45) is 1.65. The number of nitrogens with one attached hydrogen (secondary N) is 1. The normalized spacial score (nSPS) is 13.0. The number of hydrogen-bond donors (Lipinski definition) is 1. The Bertz CT molecular complexity index is 966. The number of hydrogen-bond acceptors (Lipinski definition) is 5. The maximum absolute atomic E-state index is 12.3. The molecule has 1 amide bonds. The molecule has 4 rings (SSSR count). The lowest BCUT2D eigenvalue weighted by molar-refractivity contribution is 0.0955. The van der Waals surface area contributed by atoms with Gasteiger partial charge in [0.15, 0.2) is 0 Å². The minimum absolute atomic E-state index is 0.200. The molecule has 136 valence electrons. The third-order valence-electron chi connectivity index (χ3n) is 4.53. The highest BCUT2D eigenvalue weighted by Crippen LogP contribution is 2.30. The zero-order valence-corrected chi connectivity index (χ0v) is 15.7. The van der Waals surface area contributed by atoms with E-state index < -0.39 is 0 Å². The van der Waals surface area contributed by atoms with Gasteiger partial charge in [0, 0.05) is 29.2 Å². The number of rotatable bonds is 5. The molecule has 27 heavy (non-hydrogen) atoms. The summed E-state index contributed by atoms with van der Waals surface area (Å²) in [6.45, 7) is 1.61. The maximum Gasteiger partial charge on any atom is 0.271 e. The highest BCUT2D eigenvalue weighted by Gasteiger charge is 2.20. The number of thiophene rings is 1. The zero-order chi connectivity index (χ0) is 18.6. The fraction of sp³-hybridized carbons (Fsp3) is 0.143. The van der Waals surface area contributed by atoms with Gasteiger partial charge >= 0.3 is 0 Å². The van der Waals surface area contributed by atoms with Crippen LogP contribution in [0.25, 0.3) is 0 Å². The van der Waals surface area contributed by atoms with Crippen molar-refractivity contribution in [2.24, 2.45) is 5.10 Å². The van der Waals surface area contributed by atoms with Gasteiger partial charge < -0.3 is 9.64 Å². The molecule has 2 heterocycles. The number of nitrogens with zero attached hydrogens (tertiary/aromatic N) is 2.